The van der Waals surface area contributed by atoms with Gasteiger partial charge >= 0.3 is 0 Å². The molecule has 1 heterocycles. The lowest BCUT2D eigenvalue weighted by Crippen LogP contribution is -2.30. The fourth-order valence-corrected chi connectivity index (χ4v) is 2.05. The van der Waals surface area contributed by atoms with Crippen molar-refractivity contribution in [2.24, 2.45) is 5.84 Å². The molecule has 2 rings (SSSR count). The van der Waals surface area contributed by atoms with Crippen LogP contribution >= 0.6 is 0 Å². The average molecular weight is 273 g/mol. The summed E-state index contributed by atoms with van der Waals surface area (Å²) >= 11 is 0. The molecule has 0 aliphatic carbocycles. The normalized spacial score (nSPS) is 10.8. The van der Waals surface area contributed by atoms with Crippen molar-refractivity contribution in [3.63, 3.8) is 0 Å². The number of nitrogens with zero attached hydrogens (tertiary/aromatic N) is 1. The van der Waals surface area contributed by atoms with Crippen LogP contribution in [0.2, 0.25) is 0 Å². The molecule has 0 saturated carbocycles. The number of nitrogens with two attached hydrogens (primary N) is 1. The first-order valence-corrected chi connectivity index (χ1v) is 6.57. The molecule has 3 N–H and O–H groups in total. The summed E-state index contributed by atoms with van der Waals surface area (Å²) in [7, 11) is 0. The largest absolute Gasteiger partial charge is 0.468 e. The summed E-state index contributed by atoms with van der Waals surface area (Å²) in [6.07, 6.45) is 1.68. The Hall–Kier alpha value is -2.11. The highest BCUT2D eigenvalue weighted by Gasteiger charge is 2.09. The minimum absolute atomic E-state index is 0.277. The molecule has 1 aromatic carbocycles. The van der Waals surface area contributed by atoms with Crippen LogP contribution in [-0.4, -0.2) is 17.4 Å². The predicted molar refractivity (Wildman–Crippen MR) is 76.6 cm³/mol. The van der Waals surface area contributed by atoms with Crippen LogP contribution in [0.4, 0.5) is 0 Å². The van der Waals surface area contributed by atoms with Gasteiger partial charge in [0.1, 0.15) is 5.76 Å². The van der Waals surface area contributed by atoms with Crippen molar-refractivity contribution in [3.8, 4) is 0 Å². The van der Waals surface area contributed by atoms with Gasteiger partial charge in [0.2, 0.25) is 0 Å². The molecule has 0 spiro atoms. The van der Waals surface area contributed by atoms with Crippen LogP contribution < -0.4 is 11.3 Å². The van der Waals surface area contributed by atoms with Crippen LogP contribution in [0.25, 0.3) is 0 Å². The van der Waals surface area contributed by atoms with Crippen molar-refractivity contribution >= 4 is 5.91 Å². The molecule has 1 amide bonds. The van der Waals surface area contributed by atoms with Gasteiger partial charge in [-0.3, -0.25) is 15.1 Å². The standard InChI is InChI=1S/C15H19N3O2/c1-2-18(11-14-7-4-8-20-14)10-12-5-3-6-13(9-12)15(19)17-16/h3-9H,2,10-11,16H2,1H3,(H,17,19). The molecular formula is C15H19N3O2. The second kappa shape index (κ2) is 6.88. The zero-order valence-corrected chi connectivity index (χ0v) is 11.5. The summed E-state index contributed by atoms with van der Waals surface area (Å²) in [6.45, 7) is 4.49. The number of hydrogen-bond acceptors (Lipinski definition) is 4. The number of carbonyl (C=O) groups excluding carboxylic acids is 1. The van der Waals surface area contributed by atoms with Gasteiger partial charge in [-0.1, -0.05) is 19.1 Å². The highest BCUT2D eigenvalue weighted by molar-refractivity contribution is 5.93. The van der Waals surface area contributed by atoms with E-state index in [0.717, 1.165) is 31.0 Å². The summed E-state index contributed by atoms with van der Waals surface area (Å²) in [4.78, 5) is 13.7. The lowest BCUT2D eigenvalue weighted by Gasteiger charge is -2.19. The van der Waals surface area contributed by atoms with Crippen molar-refractivity contribution in [1.29, 1.82) is 0 Å². The smallest absolute Gasteiger partial charge is 0.265 e. The van der Waals surface area contributed by atoms with Gasteiger partial charge in [-0.15, -0.1) is 0 Å². The number of rotatable bonds is 6. The highest BCUT2D eigenvalue weighted by Crippen LogP contribution is 2.12. The van der Waals surface area contributed by atoms with E-state index >= 15 is 0 Å². The maximum absolute atomic E-state index is 11.5. The maximum Gasteiger partial charge on any atom is 0.265 e. The maximum atomic E-state index is 11.5. The van der Waals surface area contributed by atoms with E-state index in [0.29, 0.717) is 5.56 Å². The fraction of sp³-hybridized carbons (Fsp3) is 0.267. The second-order valence-electron chi connectivity index (χ2n) is 4.56. The molecule has 0 fully saturated rings. The average Bonchev–Trinajstić information content (AvgIpc) is 2.99. The molecule has 0 aliphatic heterocycles. The molecule has 5 nitrogen and oxygen atoms in total. The van der Waals surface area contributed by atoms with E-state index in [-0.39, 0.29) is 5.91 Å². The summed E-state index contributed by atoms with van der Waals surface area (Å²) in [5.41, 5.74) is 3.78. The SMILES string of the molecule is CCN(Cc1cccc(C(=O)NN)c1)Cc1ccco1. The zero-order chi connectivity index (χ0) is 14.4. The Balaban J connectivity index is 2.05. The molecule has 0 saturated heterocycles. The van der Waals surface area contributed by atoms with Crippen LogP contribution in [0, 0.1) is 0 Å². The summed E-state index contributed by atoms with van der Waals surface area (Å²) in [6, 6.07) is 11.3. The van der Waals surface area contributed by atoms with E-state index in [9.17, 15) is 4.79 Å². The van der Waals surface area contributed by atoms with E-state index in [1.807, 2.05) is 30.3 Å². The van der Waals surface area contributed by atoms with Crippen LogP contribution in [0.5, 0.6) is 0 Å². The van der Waals surface area contributed by atoms with Crippen LogP contribution in [0.3, 0.4) is 0 Å². The first-order chi connectivity index (χ1) is 9.72. The Bertz CT molecular complexity index is 552. The number of furan rings is 1. The lowest BCUT2D eigenvalue weighted by molar-refractivity contribution is 0.0953. The van der Waals surface area contributed by atoms with E-state index < -0.39 is 0 Å². The summed E-state index contributed by atoms with van der Waals surface area (Å²) in [5.74, 6) is 5.81. The Morgan fingerprint density at radius 2 is 2.15 bits per heavy atom. The van der Waals surface area contributed by atoms with Crippen molar-refractivity contribution in [2.75, 3.05) is 6.54 Å². The van der Waals surface area contributed by atoms with Gasteiger partial charge < -0.3 is 4.42 Å². The van der Waals surface area contributed by atoms with Crippen molar-refractivity contribution < 1.29 is 9.21 Å². The molecule has 0 unspecified atom stereocenters. The topological polar surface area (TPSA) is 71.5 Å². The Morgan fingerprint density at radius 3 is 2.80 bits per heavy atom. The van der Waals surface area contributed by atoms with Crippen LogP contribution in [0.15, 0.2) is 47.1 Å². The third kappa shape index (κ3) is 3.69. The van der Waals surface area contributed by atoms with Crippen molar-refractivity contribution in [2.45, 2.75) is 20.0 Å². The number of benzene rings is 1. The third-order valence-electron chi connectivity index (χ3n) is 3.13. The number of nitrogen functional groups attached to an aromatic ring is 1. The number of hydrazine groups is 1. The minimum atomic E-state index is -0.277. The lowest BCUT2D eigenvalue weighted by atomic mass is 10.1. The molecule has 0 aliphatic rings. The van der Waals surface area contributed by atoms with Gasteiger partial charge in [0.05, 0.1) is 12.8 Å². The van der Waals surface area contributed by atoms with E-state index in [1.54, 1.807) is 12.3 Å². The van der Waals surface area contributed by atoms with E-state index in [2.05, 4.69) is 17.2 Å². The van der Waals surface area contributed by atoms with Gasteiger partial charge in [0.25, 0.3) is 5.91 Å². The number of hydrogen-bond donors (Lipinski definition) is 2. The molecule has 106 valence electrons. The molecule has 0 radical (unpaired) electrons. The third-order valence-corrected chi connectivity index (χ3v) is 3.13. The molecule has 5 heteroatoms. The Morgan fingerprint density at radius 1 is 1.30 bits per heavy atom. The van der Waals surface area contributed by atoms with Gasteiger partial charge in [0.15, 0.2) is 0 Å². The van der Waals surface area contributed by atoms with Gasteiger partial charge in [0, 0.05) is 12.1 Å². The zero-order valence-electron chi connectivity index (χ0n) is 11.5. The molecule has 0 atom stereocenters. The molecule has 20 heavy (non-hydrogen) atoms. The Labute approximate surface area is 118 Å². The summed E-state index contributed by atoms with van der Waals surface area (Å²) < 4.78 is 5.36. The summed E-state index contributed by atoms with van der Waals surface area (Å²) in [5, 5.41) is 0. The fourth-order valence-electron chi connectivity index (χ4n) is 2.05. The van der Waals surface area contributed by atoms with Crippen molar-refractivity contribution in [1.82, 2.24) is 10.3 Å². The van der Waals surface area contributed by atoms with E-state index in [1.165, 1.54) is 0 Å². The number of nitrogens with one attached hydrogen (secondary N) is 1. The van der Waals surface area contributed by atoms with Crippen LogP contribution in [0.1, 0.15) is 28.6 Å². The second-order valence-corrected chi connectivity index (χ2v) is 4.56. The number of amides is 1. The first-order valence-electron chi connectivity index (χ1n) is 6.57. The monoisotopic (exact) mass is 273 g/mol. The number of carbonyl (C=O) groups is 1. The van der Waals surface area contributed by atoms with Crippen LogP contribution in [-0.2, 0) is 13.1 Å². The quantitative estimate of drug-likeness (QED) is 0.479. The predicted octanol–water partition coefficient (Wildman–Crippen LogP) is 1.91. The first kappa shape index (κ1) is 14.3. The Kier molecular flexibility index (Phi) is 4.92. The molecular weight excluding hydrogens is 254 g/mol. The van der Waals surface area contributed by atoms with Gasteiger partial charge in [-0.2, -0.15) is 0 Å². The molecule has 2 aromatic rings. The van der Waals surface area contributed by atoms with E-state index in [4.69, 9.17) is 10.3 Å². The molecule has 0 bridgehead atoms. The van der Waals surface area contributed by atoms with Crippen molar-refractivity contribution in [3.05, 3.63) is 59.5 Å². The highest BCUT2D eigenvalue weighted by atomic mass is 16.3. The van der Waals surface area contributed by atoms with Gasteiger partial charge in [-0.05, 0) is 36.4 Å². The van der Waals surface area contributed by atoms with Gasteiger partial charge in [-0.25, -0.2) is 5.84 Å². The molecule has 1 aromatic heterocycles. The minimum Gasteiger partial charge on any atom is -0.468 e.